The number of pyridine rings is 4. The molecule has 4 heterocycles. The molecule has 8 aromatic carbocycles. The molecular formula is C69H48N6O2. The van der Waals surface area contributed by atoms with E-state index in [4.69, 9.17) is 15.0 Å². The lowest BCUT2D eigenvalue weighted by Crippen LogP contribution is -2.09. The van der Waals surface area contributed by atoms with Gasteiger partial charge in [0.2, 0.25) is 0 Å². The highest BCUT2D eigenvalue weighted by Gasteiger charge is 2.16. The molecular weight excluding hydrogens is 945 g/mol. The third-order valence-corrected chi connectivity index (χ3v) is 13.4. The van der Waals surface area contributed by atoms with Crippen LogP contribution in [0.5, 0.6) is 0 Å². The van der Waals surface area contributed by atoms with E-state index >= 15 is 0 Å². The lowest BCUT2D eigenvalue weighted by molar-refractivity contribution is 0.0696. The van der Waals surface area contributed by atoms with E-state index in [9.17, 15) is 9.90 Å². The highest BCUT2D eigenvalue weighted by molar-refractivity contribution is 5.92. The van der Waals surface area contributed by atoms with Gasteiger partial charge in [-0.15, -0.1) is 0 Å². The molecule has 0 saturated heterocycles. The molecule has 0 amide bonds. The monoisotopic (exact) mass is 992 g/mol. The van der Waals surface area contributed by atoms with E-state index in [-0.39, 0.29) is 5.56 Å². The quantitative estimate of drug-likeness (QED) is 0.115. The molecule has 0 spiro atoms. The van der Waals surface area contributed by atoms with Crippen molar-refractivity contribution >= 4 is 85.9 Å². The fourth-order valence-electron chi connectivity index (χ4n) is 9.56. The number of nitrogens with zero attached hydrogens (tertiary/aromatic N) is 6. The minimum atomic E-state index is -1.03. The summed E-state index contributed by atoms with van der Waals surface area (Å²) in [5.74, 6) is -1.03. The highest BCUT2D eigenvalue weighted by atomic mass is 16.4. The van der Waals surface area contributed by atoms with Crippen molar-refractivity contribution in [2.45, 2.75) is 0 Å². The lowest BCUT2D eigenvalue weighted by atomic mass is 10.1. The van der Waals surface area contributed by atoms with Crippen molar-refractivity contribution in [3.8, 4) is 34.2 Å². The van der Waals surface area contributed by atoms with E-state index in [1.165, 1.54) is 39.9 Å². The summed E-state index contributed by atoms with van der Waals surface area (Å²) in [6.45, 7) is 0. The van der Waals surface area contributed by atoms with Gasteiger partial charge in [0, 0.05) is 46.5 Å². The number of hydrogen-bond acceptors (Lipinski definition) is 7. The average Bonchev–Trinajstić information content (AvgIpc) is 3.51. The molecule has 0 aliphatic rings. The summed E-state index contributed by atoms with van der Waals surface area (Å²) in [7, 11) is 0. The van der Waals surface area contributed by atoms with Crippen molar-refractivity contribution in [3.05, 3.63) is 289 Å². The van der Waals surface area contributed by atoms with E-state index in [1.807, 2.05) is 60.8 Å². The highest BCUT2D eigenvalue weighted by Crippen LogP contribution is 2.38. The normalized spacial score (nSPS) is 11.4. The molecule has 0 bridgehead atoms. The van der Waals surface area contributed by atoms with E-state index in [0.29, 0.717) is 34.2 Å². The standard InChI is InChI=1S/C69H48N6O2/c76-69(77)56-39-41-71-66(47-56)63-20-11-21-64(72-63)67-43-51(25-23-49-28-34-60(35-29-49)75(58-18-5-2-6-19-58)62-37-31-53-13-8-10-15-55(53)46-62)44-68(73-67)65-42-50(38-40-70-65)24-22-48-26-32-59(33-27-48)74(57-16-3-1-4-17-57)61-36-30-52-12-7-9-14-54(52)45-61/h1-47H,(H,76,77)/b24-22+,25-23+. The third kappa shape index (κ3) is 10.6. The zero-order valence-corrected chi connectivity index (χ0v) is 41.7. The van der Waals surface area contributed by atoms with Gasteiger partial charge in [-0.05, 0) is 165 Å². The van der Waals surface area contributed by atoms with Crippen molar-refractivity contribution in [2.24, 2.45) is 0 Å². The van der Waals surface area contributed by atoms with Gasteiger partial charge in [-0.2, -0.15) is 0 Å². The maximum atomic E-state index is 11.9. The van der Waals surface area contributed by atoms with Gasteiger partial charge in [-0.3, -0.25) is 9.97 Å². The number of carbonyl (C=O) groups is 1. The Hall–Kier alpha value is -10.6. The first-order valence-corrected chi connectivity index (χ1v) is 25.3. The van der Waals surface area contributed by atoms with E-state index in [2.05, 4.69) is 221 Å². The molecule has 77 heavy (non-hydrogen) atoms. The topological polar surface area (TPSA) is 95.3 Å². The largest absolute Gasteiger partial charge is 0.478 e. The summed E-state index contributed by atoms with van der Waals surface area (Å²) in [6, 6.07) is 84.7. The summed E-state index contributed by atoms with van der Waals surface area (Å²) in [6.07, 6.45) is 11.7. The summed E-state index contributed by atoms with van der Waals surface area (Å²) in [4.78, 5) is 35.8. The number of carboxylic acid groups (broad SMARTS) is 1. The minimum absolute atomic E-state index is 0.132. The predicted octanol–water partition coefficient (Wildman–Crippen LogP) is 17.6. The maximum Gasteiger partial charge on any atom is 0.335 e. The Morgan fingerprint density at radius 2 is 0.714 bits per heavy atom. The van der Waals surface area contributed by atoms with Crippen molar-refractivity contribution in [2.75, 3.05) is 9.80 Å². The van der Waals surface area contributed by atoms with E-state index < -0.39 is 5.97 Å². The fraction of sp³-hybridized carbons (Fsp3) is 0. The number of fused-ring (bicyclic) bond motifs is 2. The van der Waals surface area contributed by atoms with Gasteiger partial charge in [0.15, 0.2) is 0 Å². The van der Waals surface area contributed by atoms with Gasteiger partial charge in [0.1, 0.15) is 0 Å². The number of carboxylic acids is 1. The van der Waals surface area contributed by atoms with Gasteiger partial charge < -0.3 is 14.9 Å². The second-order valence-corrected chi connectivity index (χ2v) is 18.5. The van der Waals surface area contributed by atoms with Crippen LogP contribution in [0, 0.1) is 0 Å². The molecule has 12 rings (SSSR count). The first kappa shape index (κ1) is 47.4. The Balaban J connectivity index is 0.855. The smallest absolute Gasteiger partial charge is 0.335 e. The molecule has 0 atom stereocenters. The summed E-state index contributed by atoms with van der Waals surface area (Å²) < 4.78 is 0. The molecule has 0 unspecified atom stereocenters. The minimum Gasteiger partial charge on any atom is -0.478 e. The summed E-state index contributed by atoms with van der Waals surface area (Å²) in [5, 5.41) is 14.5. The van der Waals surface area contributed by atoms with Crippen LogP contribution in [0.2, 0.25) is 0 Å². The molecule has 8 heteroatoms. The van der Waals surface area contributed by atoms with Gasteiger partial charge in [0.05, 0.1) is 39.7 Å². The molecule has 8 nitrogen and oxygen atoms in total. The Morgan fingerprint density at radius 3 is 1.26 bits per heavy atom. The predicted molar refractivity (Wildman–Crippen MR) is 316 cm³/mol. The number of para-hydroxylation sites is 2. The Kier molecular flexibility index (Phi) is 13.2. The molecule has 366 valence electrons. The van der Waals surface area contributed by atoms with Gasteiger partial charge >= 0.3 is 5.97 Å². The van der Waals surface area contributed by atoms with Crippen LogP contribution in [-0.2, 0) is 0 Å². The number of rotatable bonds is 14. The van der Waals surface area contributed by atoms with E-state index in [0.717, 1.165) is 56.4 Å². The summed E-state index contributed by atoms with van der Waals surface area (Å²) >= 11 is 0. The van der Waals surface area contributed by atoms with Crippen LogP contribution < -0.4 is 9.80 Å². The third-order valence-electron chi connectivity index (χ3n) is 13.4. The lowest BCUT2D eigenvalue weighted by Gasteiger charge is -2.26. The Labute approximate surface area is 446 Å². The van der Waals surface area contributed by atoms with Crippen molar-refractivity contribution in [3.63, 3.8) is 0 Å². The zero-order chi connectivity index (χ0) is 51.9. The van der Waals surface area contributed by atoms with Crippen LogP contribution in [0.1, 0.15) is 32.6 Å². The zero-order valence-electron chi connectivity index (χ0n) is 41.7. The molecule has 0 saturated carbocycles. The number of hydrogen-bond donors (Lipinski definition) is 1. The van der Waals surface area contributed by atoms with Crippen LogP contribution in [-0.4, -0.2) is 31.0 Å². The second kappa shape index (κ2) is 21.5. The van der Waals surface area contributed by atoms with Crippen molar-refractivity contribution in [1.29, 1.82) is 0 Å². The van der Waals surface area contributed by atoms with E-state index in [1.54, 1.807) is 0 Å². The number of aromatic nitrogens is 4. The molecule has 12 aromatic rings. The summed E-state index contributed by atoms with van der Waals surface area (Å²) in [5.41, 5.74) is 14.0. The van der Waals surface area contributed by atoms with Gasteiger partial charge in [-0.1, -0.05) is 152 Å². The number of anilines is 6. The van der Waals surface area contributed by atoms with Crippen molar-refractivity contribution < 1.29 is 9.90 Å². The van der Waals surface area contributed by atoms with Crippen LogP contribution >= 0.6 is 0 Å². The van der Waals surface area contributed by atoms with Gasteiger partial charge in [0.25, 0.3) is 0 Å². The fourth-order valence-corrected chi connectivity index (χ4v) is 9.56. The number of aromatic carboxylic acids is 1. The molecule has 4 aromatic heterocycles. The van der Waals surface area contributed by atoms with Crippen molar-refractivity contribution in [1.82, 2.24) is 19.9 Å². The Morgan fingerprint density at radius 1 is 0.312 bits per heavy atom. The van der Waals surface area contributed by atoms with Crippen LogP contribution in [0.3, 0.4) is 0 Å². The Bertz CT molecular complexity index is 4140. The molecule has 0 fully saturated rings. The second-order valence-electron chi connectivity index (χ2n) is 18.5. The first-order valence-electron chi connectivity index (χ1n) is 25.3. The first-order chi connectivity index (χ1) is 37.9. The number of benzene rings is 8. The molecule has 0 aliphatic carbocycles. The average molecular weight is 993 g/mol. The van der Waals surface area contributed by atoms with Gasteiger partial charge in [-0.25, -0.2) is 14.8 Å². The van der Waals surface area contributed by atoms with Crippen LogP contribution in [0.4, 0.5) is 34.1 Å². The SMILES string of the molecule is O=C(O)c1ccnc(-c2cccc(-c3cc(/C=C/c4ccc(N(c5ccccc5)c5ccc6ccccc6c5)cc4)cc(-c4cc(/C=C/c5ccc(N(c6ccccc6)c6ccc7ccccc7c6)cc5)ccn4)n3)n2)c1. The van der Waals surface area contributed by atoms with Crippen LogP contribution in [0.15, 0.2) is 261 Å². The van der Waals surface area contributed by atoms with Crippen LogP contribution in [0.25, 0.3) is 80.0 Å². The molecule has 0 radical (unpaired) electrons. The maximum absolute atomic E-state index is 11.9. The molecule has 0 aliphatic heterocycles. The molecule has 1 N–H and O–H groups in total.